The van der Waals surface area contributed by atoms with Gasteiger partial charge in [-0.3, -0.25) is 4.79 Å². The minimum Gasteiger partial charge on any atom is -0.481 e. The molecule has 108 valence electrons. The number of tetrazole rings is 1. The van der Waals surface area contributed by atoms with E-state index in [1.54, 1.807) is 0 Å². The summed E-state index contributed by atoms with van der Waals surface area (Å²) >= 11 is 0. The molecule has 9 heteroatoms. The lowest BCUT2D eigenvalue weighted by Gasteiger charge is -2.31. The second-order valence-corrected chi connectivity index (χ2v) is 4.44. The van der Waals surface area contributed by atoms with E-state index in [-0.39, 0.29) is 19.1 Å². The normalized spacial score (nSPS) is 18.6. The molecule has 1 unspecified atom stereocenters. The average molecular weight is 281 g/mol. The van der Waals surface area contributed by atoms with Crippen LogP contribution in [0.25, 0.3) is 5.57 Å². The minimum absolute atomic E-state index is 0.0250. The zero-order chi connectivity index (χ0) is 14.5. The van der Waals surface area contributed by atoms with Crippen LogP contribution >= 0.6 is 0 Å². The Morgan fingerprint density at radius 2 is 2.40 bits per heavy atom. The van der Waals surface area contributed by atoms with E-state index in [0.29, 0.717) is 18.8 Å². The van der Waals surface area contributed by atoms with Gasteiger partial charge in [-0.25, -0.2) is 4.79 Å². The predicted octanol–water partition coefficient (Wildman–Crippen LogP) is 0.289. The fourth-order valence-electron chi connectivity index (χ4n) is 1.86. The van der Waals surface area contributed by atoms with E-state index in [2.05, 4.69) is 20.6 Å². The highest BCUT2D eigenvalue weighted by Crippen LogP contribution is 2.22. The summed E-state index contributed by atoms with van der Waals surface area (Å²) < 4.78 is 4.94. The summed E-state index contributed by atoms with van der Waals surface area (Å²) in [4.78, 5) is 23.8. The molecule has 0 saturated heterocycles. The van der Waals surface area contributed by atoms with Crippen LogP contribution in [0.4, 0.5) is 4.79 Å². The first-order valence-electron chi connectivity index (χ1n) is 6.16. The molecule has 2 heterocycles. The van der Waals surface area contributed by atoms with Gasteiger partial charge in [0, 0.05) is 11.6 Å². The number of H-pyrrole nitrogens is 1. The number of carbonyl (C=O) groups excluding carboxylic acids is 1. The number of ether oxygens (including phenoxy) is 1. The number of carboxylic acids is 1. The molecule has 2 rings (SSSR count). The topological polar surface area (TPSA) is 121 Å². The summed E-state index contributed by atoms with van der Waals surface area (Å²) in [5.41, 5.74) is 0.784. The van der Waals surface area contributed by atoms with Crippen molar-refractivity contribution >= 4 is 17.6 Å². The Labute approximate surface area is 114 Å². The molecule has 0 aliphatic carbocycles. The van der Waals surface area contributed by atoms with E-state index >= 15 is 0 Å². The van der Waals surface area contributed by atoms with Gasteiger partial charge in [0.2, 0.25) is 5.82 Å². The Kier molecular flexibility index (Phi) is 4.28. The third-order valence-corrected chi connectivity index (χ3v) is 2.99. The number of nitrogens with zero attached hydrogens (tertiary/aromatic N) is 4. The summed E-state index contributed by atoms with van der Waals surface area (Å²) in [6, 6.07) is -0.0250. The van der Waals surface area contributed by atoms with E-state index in [1.807, 2.05) is 13.0 Å². The monoisotopic (exact) mass is 281 g/mol. The van der Waals surface area contributed by atoms with Crippen molar-refractivity contribution in [3.63, 3.8) is 0 Å². The number of hydrogen-bond donors (Lipinski definition) is 2. The van der Waals surface area contributed by atoms with E-state index in [0.717, 1.165) is 5.57 Å². The fourth-order valence-corrected chi connectivity index (χ4v) is 1.86. The Hall–Kier alpha value is -2.45. The number of carboxylic acid groups (broad SMARTS) is 1. The van der Waals surface area contributed by atoms with Crippen LogP contribution in [-0.4, -0.2) is 61.9 Å². The van der Waals surface area contributed by atoms with Crippen molar-refractivity contribution in [2.75, 3.05) is 13.2 Å². The van der Waals surface area contributed by atoms with Crippen molar-refractivity contribution in [1.82, 2.24) is 25.5 Å². The number of aromatic amines is 1. The third-order valence-electron chi connectivity index (χ3n) is 2.99. The number of carbonyl (C=O) groups is 2. The second kappa shape index (κ2) is 6.13. The highest BCUT2D eigenvalue weighted by molar-refractivity contribution is 5.74. The third kappa shape index (κ3) is 3.31. The molecule has 1 aliphatic rings. The van der Waals surface area contributed by atoms with Crippen LogP contribution in [0.2, 0.25) is 0 Å². The highest BCUT2D eigenvalue weighted by atomic mass is 16.6. The van der Waals surface area contributed by atoms with Gasteiger partial charge < -0.3 is 14.7 Å². The number of nitrogens with one attached hydrogen (secondary N) is 1. The number of rotatable bonds is 4. The summed E-state index contributed by atoms with van der Waals surface area (Å²) in [6.07, 6.45) is 1.86. The standard InChI is InChI=1S/C11H15N5O4/c1-7-2-3-8(10-12-14-15-13-10)6-16(7)11(19)20-5-4-9(17)18/h3,7H,2,4-6H2,1H3,(H,17,18)(H,12,13,14,15). The van der Waals surface area contributed by atoms with E-state index < -0.39 is 12.1 Å². The molecule has 9 nitrogen and oxygen atoms in total. The minimum atomic E-state index is -1.00. The van der Waals surface area contributed by atoms with Crippen molar-refractivity contribution < 1.29 is 19.4 Å². The Morgan fingerprint density at radius 3 is 3.05 bits per heavy atom. The lowest BCUT2D eigenvalue weighted by molar-refractivity contribution is -0.137. The lowest BCUT2D eigenvalue weighted by Crippen LogP contribution is -2.42. The first-order valence-corrected chi connectivity index (χ1v) is 6.16. The van der Waals surface area contributed by atoms with Crippen LogP contribution < -0.4 is 0 Å². The second-order valence-electron chi connectivity index (χ2n) is 4.44. The smallest absolute Gasteiger partial charge is 0.410 e. The van der Waals surface area contributed by atoms with Gasteiger partial charge in [-0.15, -0.1) is 10.2 Å². The number of aromatic nitrogens is 4. The van der Waals surface area contributed by atoms with E-state index in [9.17, 15) is 9.59 Å². The van der Waals surface area contributed by atoms with Gasteiger partial charge in [0.25, 0.3) is 0 Å². The Balaban J connectivity index is 1.96. The summed E-state index contributed by atoms with van der Waals surface area (Å²) in [6.45, 7) is 2.06. The number of hydrogen-bond acceptors (Lipinski definition) is 6. The molecule has 0 fully saturated rings. The molecular weight excluding hydrogens is 266 g/mol. The van der Waals surface area contributed by atoms with Gasteiger partial charge in [-0.05, 0) is 18.6 Å². The summed E-state index contributed by atoms with van der Waals surface area (Å²) in [5.74, 6) is -0.558. The molecule has 20 heavy (non-hydrogen) atoms. The van der Waals surface area contributed by atoms with Gasteiger partial charge in [-0.1, -0.05) is 6.08 Å². The highest BCUT2D eigenvalue weighted by Gasteiger charge is 2.27. The van der Waals surface area contributed by atoms with Gasteiger partial charge in [-0.2, -0.15) is 5.21 Å². The molecule has 0 radical (unpaired) electrons. The maximum absolute atomic E-state index is 11.9. The molecule has 1 aromatic heterocycles. The molecule has 0 aromatic carbocycles. The van der Waals surface area contributed by atoms with E-state index in [4.69, 9.17) is 9.84 Å². The largest absolute Gasteiger partial charge is 0.481 e. The van der Waals surface area contributed by atoms with E-state index in [1.165, 1.54) is 4.90 Å². The Bertz CT molecular complexity index is 513. The SMILES string of the molecule is CC1CC=C(c2nn[nH]n2)CN1C(=O)OCCC(=O)O. The summed E-state index contributed by atoms with van der Waals surface area (Å²) in [5, 5.41) is 22.1. The fraction of sp³-hybridized carbons (Fsp3) is 0.545. The van der Waals surface area contributed by atoms with Gasteiger partial charge in [0.15, 0.2) is 0 Å². The zero-order valence-corrected chi connectivity index (χ0v) is 10.9. The molecule has 2 N–H and O–H groups in total. The van der Waals surface area contributed by atoms with Crippen LogP contribution in [0.15, 0.2) is 6.08 Å². The number of amides is 1. The molecular formula is C11H15N5O4. The summed E-state index contributed by atoms with van der Waals surface area (Å²) in [7, 11) is 0. The van der Waals surface area contributed by atoms with Crippen LogP contribution in [0.3, 0.4) is 0 Å². The van der Waals surface area contributed by atoms with Crippen LogP contribution in [0.1, 0.15) is 25.6 Å². The molecule has 1 amide bonds. The molecule has 1 aromatic rings. The molecule has 0 spiro atoms. The quantitative estimate of drug-likeness (QED) is 0.813. The first-order chi connectivity index (χ1) is 9.58. The lowest BCUT2D eigenvalue weighted by atomic mass is 10.0. The zero-order valence-electron chi connectivity index (χ0n) is 10.9. The van der Waals surface area contributed by atoms with Gasteiger partial charge >= 0.3 is 12.1 Å². The van der Waals surface area contributed by atoms with Crippen molar-refractivity contribution in [2.45, 2.75) is 25.8 Å². The average Bonchev–Trinajstić information content (AvgIpc) is 2.92. The van der Waals surface area contributed by atoms with Crippen LogP contribution in [0.5, 0.6) is 0 Å². The van der Waals surface area contributed by atoms with Gasteiger partial charge in [0.1, 0.15) is 6.61 Å². The predicted molar refractivity (Wildman–Crippen MR) is 66.5 cm³/mol. The molecule has 0 bridgehead atoms. The van der Waals surface area contributed by atoms with Crippen LogP contribution in [0, 0.1) is 0 Å². The molecule has 1 atom stereocenters. The maximum Gasteiger partial charge on any atom is 0.410 e. The van der Waals surface area contributed by atoms with Gasteiger partial charge in [0.05, 0.1) is 13.0 Å². The van der Waals surface area contributed by atoms with Crippen LogP contribution in [-0.2, 0) is 9.53 Å². The Morgan fingerprint density at radius 1 is 1.60 bits per heavy atom. The van der Waals surface area contributed by atoms with Crippen molar-refractivity contribution in [1.29, 1.82) is 0 Å². The number of aliphatic carboxylic acids is 1. The van der Waals surface area contributed by atoms with Crippen molar-refractivity contribution in [2.24, 2.45) is 0 Å². The molecule has 1 aliphatic heterocycles. The molecule has 0 saturated carbocycles. The van der Waals surface area contributed by atoms with Crippen molar-refractivity contribution in [3.05, 3.63) is 11.9 Å². The maximum atomic E-state index is 11.9. The first kappa shape index (κ1) is 14.0. The van der Waals surface area contributed by atoms with Crippen molar-refractivity contribution in [3.8, 4) is 0 Å².